The van der Waals surface area contributed by atoms with Gasteiger partial charge in [0.15, 0.2) is 0 Å². The highest BCUT2D eigenvalue weighted by molar-refractivity contribution is 7.92. The summed E-state index contributed by atoms with van der Waals surface area (Å²) in [6.07, 6.45) is 10.9. The molecule has 28 heavy (non-hydrogen) atoms. The van der Waals surface area contributed by atoms with Crippen molar-refractivity contribution in [2.75, 3.05) is 7.11 Å². The maximum atomic E-state index is 12.4. The molecule has 0 aromatic heterocycles. The van der Waals surface area contributed by atoms with Gasteiger partial charge in [0, 0.05) is 17.9 Å². The van der Waals surface area contributed by atoms with Crippen molar-refractivity contribution in [2.45, 2.75) is 51.0 Å². The Kier molecular flexibility index (Phi) is 8.73. The second-order valence-corrected chi connectivity index (χ2v) is 8.67. The summed E-state index contributed by atoms with van der Waals surface area (Å²) < 4.78 is 32.6. The Bertz CT molecular complexity index is 784. The molecule has 1 saturated carbocycles. The minimum Gasteiger partial charge on any atom is -0.497 e. The summed E-state index contributed by atoms with van der Waals surface area (Å²) in [7, 11) is -1.92. The van der Waals surface area contributed by atoms with Crippen LogP contribution in [0.2, 0.25) is 0 Å². The molecule has 1 aromatic rings. The summed E-state index contributed by atoms with van der Waals surface area (Å²) in [5.41, 5.74) is 0.789. The molecule has 0 radical (unpaired) electrons. The Labute approximate surface area is 167 Å². The number of aliphatic carboxylic acids is 1. The van der Waals surface area contributed by atoms with Crippen molar-refractivity contribution in [3.05, 3.63) is 47.4 Å². The van der Waals surface area contributed by atoms with Gasteiger partial charge in [0.2, 0.25) is 10.0 Å². The third kappa shape index (κ3) is 8.27. The smallest absolute Gasteiger partial charge is 0.303 e. The normalized spacial score (nSPS) is 20.6. The van der Waals surface area contributed by atoms with Crippen molar-refractivity contribution in [1.29, 1.82) is 0 Å². The molecule has 0 aliphatic heterocycles. The van der Waals surface area contributed by atoms with Crippen LogP contribution in [0.1, 0.15) is 50.5 Å². The van der Waals surface area contributed by atoms with E-state index < -0.39 is 16.0 Å². The first-order valence-electron chi connectivity index (χ1n) is 9.61. The number of benzene rings is 1. The summed E-state index contributed by atoms with van der Waals surface area (Å²) in [4.78, 5) is 10.5. The standard InChI is InChI=1S/C21H29NO5S/c1-27-20-12-10-17(11-13-20)14-15-28(25,26)22-19-8-5-7-18(16-19)6-3-2-4-9-21(23)24/h3,6,10-15,18-19,22H,2,4-5,7-9,16H2,1H3,(H,23,24). The molecule has 0 heterocycles. The largest absolute Gasteiger partial charge is 0.497 e. The van der Waals surface area contributed by atoms with Gasteiger partial charge < -0.3 is 9.84 Å². The summed E-state index contributed by atoms with van der Waals surface area (Å²) in [6, 6.07) is 7.10. The van der Waals surface area contributed by atoms with Crippen molar-refractivity contribution in [3.63, 3.8) is 0 Å². The molecular weight excluding hydrogens is 378 g/mol. The number of methoxy groups -OCH3 is 1. The Morgan fingerprint density at radius 2 is 2.04 bits per heavy atom. The number of sulfonamides is 1. The maximum absolute atomic E-state index is 12.4. The van der Waals surface area contributed by atoms with Gasteiger partial charge in [-0.3, -0.25) is 4.79 Å². The fourth-order valence-corrected chi connectivity index (χ4v) is 4.42. The first-order chi connectivity index (χ1) is 13.4. The number of nitrogens with one attached hydrogen (secondary N) is 1. The van der Waals surface area contributed by atoms with Crippen LogP contribution in [0, 0.1) is 5.92 Å². The molecule has 0 saturated heterocycles. The summed E-state index contributed by atoms with van der Waals surface area (Å²) >= 11 is 0. The summed E-state index contributed by atoms with van der Waals surface area (Å²) in [5.74, 6) is 0.280. The Morgan fingerprint density at radius 3 is 2.71 bits per heavy atom. The van der Waals surface area contributed by atoms with Crippen LogP contribution < -0.4 is 9.46 Å². The van der Waals surface area contributed by atoms with Crippen LogP contribution >= 0.6 is 0 Å². The number of ether oxygens (including phenoxy) is 1. The molecule has 154 valence electrons. The highest BCUT2D eigenvalue weighted by Crippen LogP contribution is 2.26. The third-order valence-corrected chi connectivity index (χ3v) is 5.93. The average molecular weight is 408 g/mol. The molecule has 2 unspecified atom stereocenters. The third-order valence-electron chi connectivity index (χ3n) is 4.77. The lowest BCUT2D eigenvalue weighted by molar-refractivity contribution is -0.137. The predicted molar refractivity (Wildman–Crippen MR) is 110 cm³/mol. The Hall–Kier alpha value is -2.12. The van der Waals surface area contributed by atoms with E-state index in [2.05, 4.69) is 10.8 Å². The van der Waals surface area contributed by atoms with Gasteiger partial charge in [0.1, 0.15) is 5.75 Å². The minimum absolute atomic E-state index is 0.0760. The maximum Gasteiger partial charge on any atom is 0.303 e. The van der Waals surface area contributed by atoms with Gasteiger partial charge in [0.05, 0.1) is 7.11 Å². The number of carbonyl (C=O) groups is 1. The van der Waals surface area contributed by atoms with Crippen molar-refractivity contribution < 1.29 is 23.1 Å². The quantitative estimate of drug-likeness (QED) is 0.452. The first-order valence-corrected chi connectivity index (χ1v) is 11.2. The van der Waals surface area contributed by atoms with E-state index in [1.54, 1.807) is 37.5 Å². The number of rotatable bonds is 10. The molecule has 0 bridgehead atoms. The van der Waals surface area contributed by atoms with Crippen molar-refractivity contribution in [2.24, 2.45) is 5.92 Å². The molecule has 1 fully saturated rings. The first kappa shape index (κ1) is 22.2. The van der Waals surface area contributed by atoms with Crippen LogP contribution in [-0.4, -0.2) is 32.6 Å². The minimum atomic E-state index is -3.51. The topological polar surface area (TPSA) is 92.7 Å². The van der Waals surface area contributed by atoms with E-state index in [0.717, 1.165) is 43.4 Å². The molecule has 1 aliphatic rings. The molecular formula is C21H29NO5S. The number of hydrogen-bond donors (Lipinski definition) is 2. The summed E-state index contributed by atoms with van der Waals surface area (Å²) in [5, 5.41) is 9.85. The molecule has 0 amide bonds. The van der Waals surface area contributed by atoms with E-state index in [9.17, 15) is 13.2 Å². The lowest BCUT2D eigenvalue weighted by Crippen LogP contribution is -2.37. The van der Waals surface area contributed by atoms with E-state index in [1.165, 1.54) is 5.41 Å². The van der Waals surface area contributed by atoms with Crippen LogP contribution in [0.25, 0.3) is 6.08 Å². The van der Waals surface area contributed by atoms with E-state index in [4.69, 9.17) is 9.84 Å². The van der Waals surface area contributed by atoms with Gasteiger partial charge in [0.25, 0.3) is 0 Å². The fraction of sp³-hybridized carbons (Fsp3) is 0.476. The SMILES string of the molecule is COc1ccc(C=CS(=O)(=O)NC2CCCC(C=CCCCC(=O)O)C2)cc1. The van der Waals surface area contributed by atoms with Crippen molar-refractivity contribution in [1.82, 2.24) is 4.72 Å². The summed E-state index contributed by atoms with van der Waals surface area (Å²) in [6.45, 7) is 0. The molecule has 2 atom stereocenters. The second kappa shape index (κ2) is 11.0. The molecule has 0 spiro atoms. The van der Waals surface area contributed by atoms with Crippen LogP contribution in [-0.2, 0) is 14.8 Å². The van der Waals surface area contributed by atoms with Gasteiger partial charge in [-0.15, -0.1) is 0 Å². The van der Waals surface area contributed by atoms with Gasteiger partial charge in [-0.1, -0.05) is 30.7 Å². The highest BCUT2D eigenvalue weighted by Gasteiger charge is 2.23. The van der Waals surface area contributed by atoms with E-state index in [-0.39, 0.29) is 12.5 Å². The number of unbranched alkanes of at least 4 members (excludes halogenated alkanes) is 1. The number of carboxylic acid groups (broad SMARTS) is 1. The van der Waals surface area contributed by atoms with Crippen molar-refractivity contribution in [3.8, 4) is 5.75 Å². The second-order valence-electron chi connectivity index (χ2n) is 7.08. The molecule has 7 heteroatoms. The van der Waals surface area contributed by atoms with Gasteiger partial charge in [-0.2, -0.15) is 0 Å². The van der Waals surface area contributed by atoms with Crippen LogP contribution in [0.3, 0.4) is 0 Å². The molecule has 6 nitrogen and oxygen atoms in total. The Balaban J connectivity index is 1.84. The van der Waals surface area contributed by atoms with Crippen LogP contribution in [0.15, 0.2) is 41.8 Å². The molecule has 2 N–H and O–H groups in total. The van der Waals surface area contributed by atoms with Gasteiger partial charge in [-0.25, -0.2) is 13.1 Å². The lowest BCUT2D eigenvalue weighted by Gasteiger charge is -2.27. The molecule has 2 rings (SSSR count). The van der Waals surface area contributed by atoms with Crippen LogP contribution in [0.5, 0.6) is 5.75 Å². The Morgan fingerprint density at radius 1 is 1.29 bits per heavy atom. The highest BCUT2D eigenvalue weighted by atomic mass is 32.2. The zero-order valence-electron chi connectivity index (χ0n) is 16.2. The zero-order chi connectivity index (χ0) is 20.4. The van der Waals surface area contributed by atoms with Crippen LogP contribution in [0.4, 0.5) is 0 Å². The van der Waals surface area contributed by atoms with E-state index in [0.29, 0.717) is 12.3 Å². The lowest BCUT2D eigenvalue weighted by atomic mass is 9.86. The molecule has 1 aliphatic carbocycles. The van der Waals surface area contributed by atoms with Crippen molar-refractivity contribution >= 4 is 22.1 Å². The van der Waals surface area contributed by atoms with E-state index in [1.807, 2.05) is 6.08 Å². The zero-order valence-corrected chi connectivity index (χ0v) is 17.0. The number of carboxylic acids is 1. The number of allylic oxidation sites excluding steroid dienone is 2. The predicted octanol–water partition coefficient (Wildman–Crippen LogP) is 3.96. The number of hydrogen-bond acceptors (Lipinski definition) is 4. The monoisotopic (exact) mass is 407 g/mol. The van der Waals surface area contributed by atoms with Gasteiger partial charge in [-0.05, 0) is 61.8 Å². The van der Waals surface area contributed by atoms with E-state index >= 15 is 0 Å². The fourth-order valence-electron chi connectivity index (χ4n) is 3.32. The van der Waals surface area contributed by atoms with Gasteiger partial charge >= 0.3 is 5.97 Å². The molecule has 1 aromatic carbocycles. The average Bonchev–Trinajstić information content (AvgIpc) is 2.66.